The number of anilines is 1. The third kappa shape index (κ3) is 1.98. The van der Waals surface area contributed by atoms with Crippen molar-refractivity contribution in [3.63, 3.8) is 0 Å². The number of hydrogen-bond acceptors (Lipinski definition) is 4. The molecule has 0 radical (unpaired) electrons. The van der Waals surface area contributed by atoms with Crippen molar-refractivity contribution in [1.29, 1.82) is 0 Å². The summed E-state index contributed by atoms with van der Waals surface area (Å²) in [4.78, 5) is 4.04. The third-order valence-corrected chi connectivity index (χ3v) is 2.18. The highest BCUT2D eigenvalue weighted by Crippen LogP contribution is 2.16. The monoisotopic (exact) mass is 218 g/mol. The lowest BCUT2D eigenvalue weighted by atomic mass is 10.3. The summed E-state index contributed by atoms with van der Waals surface area (Å²) in [5, 5.41) is 4.10. The Balaban J connectivity index is 2.31. The molecule has 0 amide bonds. The molecule has 2 N–H and O–H groups in total. The molecule has 0 bridgehead atoms. The number of hydrogen-bond donors (Lipinski definition) is 1. The van der Waals surface area contributed by atoms with Gasteiger partial charge in [0, 0.05) is 0 Å². The fourth-order valence-corrected chi connectivity index (χ4v) is 1.51. The van der Waals surface area contributed by atoms with Gasteiger partial charge in [-0.05, 0) is 38.1 Å². The van der Waals surface area contributed by atoms with Gasteiger partial charge in [0.05, 0.1) is 12.3 Å². The van der Waals surface area contributed by atoms with Crippen LogP contribution in [-0.2, 0) is 0 Å². The number of benzene rings is 1. The minimum atomic E-state index is 0.284. The van der Waals surface area contributed by atoms with Gasteiger partial charge in [-0.3, -0.25) is 0 Å². The Hall–Kier alpha value is -2.04. The molecule has 0 aliphatic heterocycles. The Labute approximate surface area is 93.9 Å². The van der Waals surface area contributed by atoms with Gasteiger partial charge < -0.3 is 10.5 Å². The molecule has 16 heavy (non-hydrogen) atoms. The van der Waals surface area contributed by atoms with E-state index in [1.165, 1.54) is 0 Å². The molecule has 1 aromatic carbocycles. The molecule has 1 heterocycles. The van der Waals surface area contributed by atoms with Crippen molar-refractivity contribution in [2.75, 3.05) is 12.3 Å². The van der Waals surface area contributed by atoms with Gasteiger partial charge in [-0.2, -0.15) is 4.98 Å². The first-order valence-electron chi connectivity index (χ1n) is 5.13. The van der Waals surface area contributed by atoms with Crippen LogP contribution in [0.4, 0.5) is 5.95 Å². The van der Waals surface area contributed by atoms with Gasteiger partial charge in [-0.15, -0.1) is 5.10 Å². The van der Waals surface area contributed by atoms with Crippen molar-refractivity contribution < 1.29 is 4.74 Å². The molecule has 0 spiro atoms. The summed E-state index contributed by atoms with van der Waals surface area (Å²) in [6.45, 7) is 4.48. The maximum atomic E-state index is 5.53. The highest BCUT2D eigenvalue weighted by atomic mass is 16.5. The number of nitrogens with two attached hydrogens (primary N) is 1. The van der Waals surface area contributed by atoms with Gasteiger partial charge in [-0.25, -0.2) is 4.68 Å². The van der Waals surface area contributed by atoms with Gasteiger partial charge in [0.25, 0.3) is 0 Å². The summed E-state index contributed by atoms with van der Waals surface area (Å²) in [6.07, 6.45) is 0. The molecule has 5 heteroatoms. The van der Waals surface area contributed by atoms with E-state index >= 15 is 0 Å². The average Bonchev–Trinajstić information content (AvgIpc) is 2.59. The first kappa shape index (κ1) is 10.5. The quantitative estimate of drug-likeness (QED) is 0.849. The largest absolute Gasteiger partial charge is 0.494 e. The van der Waals surface area contributed by atoms with Crippen LogP contribution in [0.1, 0.15) is 12.7 Å². The molecule has 84 valence electrons. The van der Waals surface area contributed by atoms with Gasteiger partial charge in [0.1, 0.15) is 11.6 Å². The second kappa shape index (κ2) is 4.22. The third-order valence-electron chi connectivity index (χ3n) is 2.18. The Kier molecular flexibility index (Phi) is 2.76. The van der Waals surface area contributed by atoms with Gasteiger partial charge in [0.2, 0.25) is 5.95 Å². The Morgan fingerprint density at radius 2 is 2.00 bits per heavy atom. The minimum absolute atomic E-state index is 0.284. The lowest BCUT2D eigenvalue weighted by Crippen LogP contribution is -2.00. The Morgan fingerprint density at radius 1 is 1.31 bits per heavy atom. The fourth-order valence-electron chi connectivity index (χ4n) is 1.51. The zero-order valence-corrected chi connectivity index (χ0v) is 9.34. The molecule has 0 aliphatic carbocycles. The van der Waals surface area contributed by atoms with Crippen LogP contribution in [-0.4, -0.2) is 21.4 Å². The molecule has 0 fully saturated rings. The molecule has 1 aromatic heterocycles. The fraction of sp³-hybridized carbons (Fsp3) is 0.273. The molecule has 2 aromatic rings. The van der Waals surface area contributed by atoms with Crippen molar-refractivity contribution in [3.8, 4) is 11.4 Å². The predicted molar refractivity (Wildman–Crippen MR) is 61.7 cm³/mol. The Bertz CT molecular complexity index is 475. The lowest BCUT2D eigenvalue weighted by molar-refractivity contribution is 0.340. The Morgan fingerprint density at radius 3 is 2.50 bits per heavy atom. The van der Waals surface area contributed by atoms with E-state index in [1.54, 1.807) is 4.68 Å². The second-order valence-electron chi connectivity index (χ2n) is 3.36. The van der Waals surface area contributed by atoms with E-state index in [2.05, 4.69) is 10.1 Å². The molecule has 2 rings (SSSR count). The van der Waals surface area contributed by atoms with Crippen LogP contribution in [0.15, 0.2) is 24.3 Å². The zero-order valence-electron chi connectivity index (χ0n) is 9.34. The number of nitrogen functional groups attached to an aromatic ring is 1. The molecule has 0 atom stereocenters. The molecular weight excluding hydrogens is 204 g/mol. The van der Waals surface area contributed by atoms with Gasteiger partial charge in [-0.1, -0.05) is 0 Å². The van der Waals surface area contributed by atoms with Crippen LogP contribution < -0.4 is 10.5 Å². The van der Waals surface area contributed by atoms with E-state index in [4.69, 9.17) is 10.5 Å². The van der Waals surface area contributed by atoms with Crippen LogP contribution in [0.25, 0.3) is 5.69 Å². The van der Waals surface area contributed by atoms with Crippen LogP contribution in [0.2, 0.25) is 0 Å². The van der Waals surface area contributed by atoms with Crippen LogP contribution in [0, 0.1) is 6.92 Å². The summed E-state index contributed by atoms with van der Waals surface area (Å²) in [5.41, 5.74) is 6.45. The lowest BCUT2D eigenvalue weighted by Gasteiger charge is -2.05. The summed E-state index contributed by atoms with van der Waals surface area (Å²) < 4.78 is 7.06. The highest BCUT2D eigenvalue weighted by molar-refractivity contribution is 5.38. The van der Waals surface area contributed by atoms with Crippen LogP contribution in [0.3, 0.4) is 0 Å². The highest BCUT2D eigenvalue weighted by Gasteiger charge is 2.05. The maximum absolute atomic E-state index is 5.53. The predicted octanol–water partition coefficient (Wildman–Crippen LogP) is 1.56. The zero-order chi connectivity index (χ0) is 11.5. The summed E-state index contributed by atoms with van der Waals surface area (Å²) in [6, 6.07) is 7.64. The van der Waals surface area contributed by atoms with Gasteiger partial charge >= 0.3 is 0 Å². The topological polar surface area (TPSA) is 66.0 Å². The first-order chi connectivity index (χ1) is 7.70. The number of rotatable bonds is 3. The van der Waals surface area contributed by atoms with E-state index in [0.29, 0.717) is 6.61 Å². The van der Waals surface area contributed by atoms with Crippen molar-refractivity contribution >= 4 is 5.95 Å². The van der Waals surface area contributed by atoms with Crippen molar-refractivity contribution in [3.05, 3.63) is 30.1 Å². The minimum Gasteiger partial charge on any atom is -0.494 e. The van der Waals surface area contributed by atoms with E-state index in [0.717, 1.165) is 17.3 Å². The number of nitrogens with zero attached hydrogens (tertiary/aromatic N) is 3. The van der Waals surface area contributed by atoms with E-state index in [-0.39, 0.29) is 5.95 Å². The van der Waals surface area contributed by atoms with Gasteiger partial charge in [0.15, 0.2) is 0 Å². The van der Waals surface area contributed by atoms with E-state index < -0.39 is 0 Å². The smallest absolute Gasteiger partial charge is 0.240 e. The summed E-state index contributed by atoms with van der Waals surface area (Å²) in [5.74, 6) is 1.89. The van der Waals surface area contributed by atoms with E-state index in [1.807, 2.05) is 38.1 Å². The molecule has 0 saturated heterocycles. The van der Waals surface area contributed by atoms with Crippen molar-refractivity contribution in [1.82, 2.24) is 14.8 Å². The SMILES string of the molecule is CCOc1ccc(-n2nc(N)nc2C)cc1. The molecule has 0 saturated carbocycles. The second-order valence-corrected chi connectivity index (χ2v) is 3.36. The van der Waals surface area contributed by atoms with E-state index in [9.17, 15) is 0 Å². The molecule has 5 nitrogen and oxygen atoms in total. The average molecular weight is 218 g/mol. The molecule has 0 aliphatic rings. The van der Waals surface area contributed by atoms with Crippen molar-refractivity contribution in [2.24, 2.45) is 0 Å². The van der Waals surface area contributed by atoms with Crippen LogP contribution in [0.5, 0.6) is 5.75 Å². The molecule has 0 unspecified atom stereocenters. The normalized spacial score (nSPS) is 10.4. The maximum Gasteiger partial charge on any atom is 0.240 e. The summed E-state index contributed by atoms with van der Waals surface area (Å²) >= 11 is 0. The van der Waals surface area contributed by atoms with Crippen LogP contribution >= 0.6 is 0 Å². The number of aromatic nitrogens is 3. The molecular formula is C11H14N4O. The standard InChI is InChI=1S/C11H14N4O/c1-3-16-10-6-4-9(5-7-10)15-8(2)13-11(12)14-15/h4-7H,3H2,1-2H3,(H2,12,14). The first-order valence-corrected chi connectivity index (χ1v) is 5.13. The number of aryl methyl sites for hydroxylation is 1. The summed E-state index contributed by atoms with van der Waals surface area (Å²) in [7, 11) is 0. The van der Waals surface area contributed by atoms with Crippen molar-refractivity contribution in [2.45, 2.75) is 13.8 Å². The number of ether oxygens (including phenoxy) is 1.